The molecule has 148 valence electrons. The van der Waals surface area contributed by atoms with Crippen LogP contribution in [0.2, 0.25) is 5.02 Å². The second-order valence-corrected chi connectivity index (χ2v) is 7.65. The van der Waals surface area contributed by atoms with Crippen molar-refractivity contribution >= 4 is 23.5 Å². The van der Waals surface area contributed by atoms with Gasteiger partial charge in [-0.25, -0.2) is 10.2 Å². The van der Waals surface area contributed by atoms with Crippen LogP contribution in [0, 0.1) is 0 Å². The number of hydrogen-bond donors (Lipinski definition) is 4. The van der Waals surface area contributed by atoms with Crippen molar-refractivity contribution in [2.75, 3.05) is 13.1 Å². The van der Waals surface area contributed by atoms with Crippen LogP contribution in [-0.2, 0) is 16.0 Å². The highest BCUT2D eigenvalue weighted by molar-refractivity contribution is 6.31. The van der Waals surface area contributed by atoms with Gasteiger partial charge in [-0.15, -0.1) is 0 Å². The van der Waals surface area contributed by atoms with Gasteiger partial charge in [-0.05, 0) is 30.0 Å². The largest absolute Gasteiger partial charge is 0.477 e. The van der Waals surface area contributed by atoms with E-state index >= 15 is 0 Å². The van der Waals surface area contributed by atoms with Crippen molar-refractivity contribution < 1.29 is 14.7 Å². The fourth-order valence-corrected chi connectivity index (χ4v) is 4.17. The van der Waals surface area contributed by atoms with Crippen LogP contribution < -0.4 is 16.5 Å². The summed E-state index contributed by atoms with van der Waals surface area (Å²) in [6.07, 6.45) is 3.55. The number of nitrogens with two attached hydrogens (primary N) is 1. The Morgan fingerprint density at radius 3 is 2.86 bits per heavy atom. The Kier molecular flexibility index (Phi) is 5.11. The molecule has 0 saturated carbocycles. The molecular weight excluding hydrogens is 382 g/mol. The van der Waals surface area contributed by atoms with E-state index in [4.69, 9.17) is 17.3 Å². The lowest BCUT2D eigenvalue weighted by Gasteiger charge is -2.36. The maximum atomic E-state index is 12.7. The van der Waals surface area contributed by atoms with Gasteiger partial charge in [0.15, 0.2) is 0 Å². The molecule has 8 nitrogen and oxygen atoms in total. The number of piperidine rings is 1. The number of amides is 1. The Balaban J connectivity index is 1.74. The van der Waals surface area contributed by atoms with E-state index in [1.807, 2.05) is 24.3 Å². The van der Waals surface area contributed by atoms with Crippen molar-refractivity contribution in [1.82, 2.24) is 20.7 Å². The van der Waals surface area contributed by atoms with Gasteiger partial charge in [-0.3, -0.25) is 14.7 Å². The van der Waals surface area contributed by atoms with Crippen LogP contribution >= 0.6 is 11.6 Å². The summed E-state index contributed by atoms with van der Waals surface area (Å²) in [5.41, 5.74) is 11.4. The third kappa shape index (κ3) is 3.51. The van der Waals surface area contributed by atoms with Gasteiger partial charge >= 0.3 is 5.97 Å². The summed E-state index contributed by atoms with van der Waals surface area (Å²) >= 11 is 6.36. The Morgan fingerprint density at radius 2 is 2.14 bits per heavy atom. The quantitative estimate of drug-likeness (QED) is 0.587. The summed E-state index contributed by atoms with van der Waals surface area (Å²) < 4.78 is 0. The van der Waals surface area contributed by atoms with E-state index < -0.39 is 11.9 Å². The van der Waals surface area contributed by atoms with Crippen LogP contribution in [-0.4, -0.2) is 52.2 Å². The van der Waals surface area contributed by atoms with Gasteiger partial charge < -0.3 is 16.2 Å². The van der Waals surface area contributed by atoms with Gasteiger partial charge in [0, 0.05) is 30.6 Å². The monoisotopic (exact) mass is 403 g/mol. The smallest absolute Gasteiger partial charge is 0.354 e. The van der Waals surface area contributed by atoms with Gasteiger partial charge in [-0.1, -0.05) is 29.8 Å². The minimum Gasteiger partial charge on any atom is -0.477 e. The SMILES string of the molecule is N[C@@H]1CCCN(C2NN3C=C(C(=O)O)NC(=O)C3=C2Cc2ccccc2Cl)C1. The number of fused-ring (bicyclic) bond motifs is 1. The zero-order valence-corrected chi connectivity index (χ0v) is 15.9. The molecule has 28 heavy (non-hydrogen) atoms. The first-order chi connectivity index (χ1) is 13.4. The third-order valence-corrected chi connectivity index (χ3v) is 5.65. The normalized spacial score (nSPS) is 25.4. The van der Waals surface area contributed by atoms with E-state index in [2.05, 4.69) is 15.6 Å². The average Bonchev–Trinajstić information content (AvgIpc) is 3.02. The van der Waals surface area contributed by atoms with Crippen molar-refractivity contribution in [2.24, 2.45) is 5.73 Å². The van der Waals surface area contributed by atoms with Crippen LogP contribution in [0.5, 0.6) is 0 Å². The lowest BCUT2D eigenvalue weighted by atomic mass is 9.98. The molecule has 0 radical (unpaired) electrons. The van der Waals surface area contributed by atoms with Gasteiger partial charge in [0.2, 0.25) is 0 Å². The van der Waals surface area contributed by atoms with E-state index in [1.54, 1.807) is 0 Å². The molecule has 1 saturated heterocycles. The number of likely N-dealkylation sites (tertiary alicyclic amines) is 1. The van der Waals surface area contributed by atoms with E-state index in [0.717, 1.165) is 30.5 Å². The van der Waals surface area contributed by atoms with Crippen molar-refractivity contribution in [3.05, 3.63) is 58.0 Å². The highest BCUT2D eigenvalue weighted by Gasteiger charge is 2.41. The van der Waals surface area contributed by atoms with E-state index in [9.17, 15) is 14.7 Å². The molecule has 2 atom stereocenters. The zero-order chi connectivity index (χ0) is 19.8. The van der Waals surface area contributed by atoms with Gasteiger partial charge in [0.05, 0.1) is 6.20 Å². The van der Waals surface area contributed by atoms with Crippen molar-refractivity contribution in [2.45, 2.75) is 31.5 Å². The lowest BCUT2D eigenvalue weighted by Crippen LogP contribution is -2.54. The molecule has 0 bridgehead atoms. The number of aliphatic carboxylic acids is 1. The lowest BCUT2D eigenvalue weighted by molar-refractivity contribution is -0.135. The maximum Gasteiger partial charge on any atom is 0.354 e. The number of nitrogens with zero attached hydrogens (tertiary/aromatic N) is 2. The maximum absolute atomic E-state index is 12.7. The van der Waals surface area contributed by atoms with Gasteiger partial charge in [0.1, 0.15) is 17.6 Å². The number of nitrogens with one attached hydrogen (secondary N) is 2. The standard InChI is InChI=1S/C19H22ClN5O3/c20-14-6-2-1-4-11(14)8-13-16-18(26)22-15(19(27)28)10-25(16)23-17(13)24-7-3-5-12(21)9-24/h1-2,4,6,10,12,17,23H,3,5,7-9,21H2,(H,22,26)(H,27,28)/t12-,17?/m1/s1. The van der Waals surface area contributed by atoms with E-state index in [-0.39, 0.29) is 17.9 Å². The molecule has 3 aliphatic heterocycles. The third-order valence-electron chi connectivity index (χ3n) is 5.28. The highest BCUT2D eigenvalue weighted by Crippen LogP contribution is 2.32. The fraction of sp³-hybridized carbons (Fsp3) is 0.368. The molecule has 9 heteroatoms. The van der Waals surface area contributed by atoms with E-state index in [0.29, 0.717) is 23.7 Å². The second-order valence-electron chi connectivity index (χ2n) is 7.24. The Bertz CT molecular complexity index is 884. The molecule has 4 rings (SSSR count). The predicted octanol–water partition coefficient (Wildman–Crippen LogP) is 0.762. The van der Waals surface area contributed by atoms with Crippen molar-refractivity contribution in [3.8, 4) is 0 Å². The molecule has 1 aromatic carbocycles. The number of benzene rings is 1. The summed E-state index contributed by atoms with van der Waals surface area (Å²) in [6, 6.07) is 7.58. The van der Waals surface area contributed by atoms with Gasteiger partial charge in [0.25, 0.3) is 5.91 Å². The minimum atomic E-state index is -1.19. The second kappa shape index (κ2) is 7.56. The predicted molar refractivity (Wildman–Crippen MR) is 104 cm³/mol. The molecule has 0 aliphatic carbocycles. The number of rotatable bonds is 4. The van der Waals surface area contributed by atoms with Crippen molar-refractivity contribution in [3.63, 3.8) is 0 Å². The minimum absolute atomic E-state index is 0.0682. The van der Waals surface area contributed by atoms with E-state index in [1.165, 1.54) is 11.2 Å². The molecule has 3 heterocycles. The molecule has 0 aromatic heterocycles. The molecular formula is C19H22ClN5O3. The summed E-state index contributed by atoms with van der Waals surface area (Å²) in [5, 5.41) is 13.9. The average molecular weight is 404 g/mol. The molecule has 0 spiro atoms. The fourth-order valence-electron chi connectivity index (χ4n) is 3.97. The Hall–Kier alpha value is -2.39. The number of carboxylic acids is 1. The topological polar surface area (TPSA) is 111 Å². The van der Waals surface area contributed by atoms with Crippen LogP contribution in [0.15, 0.2) is 47.4 Å². The number of hydrazine groups is 1. The first-order valence-corrected chi connectivity index (χ1v) is 9.60. The van der Waals surface area contributed by atoms with Gasteiger partial charge in [-0.2, -0.15) is 0 Å². The highest BCUT2D eigenvalue weighted by atomic mass is 35.5. The Labute approximate surface area is 167 Å². The van der Waals surface area contributed by atoms with Crippen LogP contribution in [0.25, 0.3) is 0 Å². The molecule has 1 unspecified atom stereocenters. The van der Waals surface area contributed by atoms with Crippen LogP contribution in [0.1, 0.15) is 18.4 Å². The summed E-state index contributed by atoms with van der Waals surface area (Å²) in [7, 11) is 0. The zero-order valence-electron chi connectivity index (χ0n) is 15.2. The summed E-state index contributed by atoms with van der Waals surface area (Å²) in [6.45, 7) is 1.54. The summed E-state index contributed by atoms with van der Waals surface area (Å²) in [4.78, 5) is 26.3. The first-order valence-electron chi connectivity index (χ1n) is 9.22. The molecule has 1 fully saturated rings. The first kappa shape index (κ1) is 18.9. The molecule has 1 amide bonds. The summed E-state index contributed by atoms with van der Waals surface area (Å²) in [5.74, 6) is -1.64. The van der Waals surface area contributed by atoms with Crippen LogP contribution in [0.3, 0.4) is 0 Å². The molecule has 1 aromatic rings. The number of halogens is 1. The number of carbonyl (C=O) groups excluding carboxylic acids is 1. The Morgan fingerprint density at radius 1 is 1.36 bits per heavy atom. The number of carboxylic acid groups (broad SMARTS) is 1. The number of carbonyl (C=O) groups is 2. The molecule has 3 aliphatic rings. The number of hydrogen-bond acceptors (Lipinski definition) is 6. The van der Waals surface area contributed by atoms with Crippen molar-refractivity contribution in [1.29, 1.82) is 0 Å². The van der Waals surface area contributed by atoms with Crippen LogP contribution in [0.4, 0.5) is 0 Å². The molecule has 5 N–H and O–H groups in total.